The van der Waals surface area contributed by atoms with Crippen molar-refractivity contribution in [2.24, 2.45) is 10.8 Å². The Bertz CT molecular complexity index is 514. The monoisotopic (exact) mass is 254 g/mol. The molecule has 0 bridgehead atoms. The summed E-state index contributed by atoms with van der Waals surface area (Å²) in [6, 6.07) is 1.52. The third-order valence-corrected chi connectivity index (χ3v) is 1.88. The molecule has 0 unspecified atom stereocenters. The van der Waals surface area contributed by atoms with Gasteiger partial charge in [-0.05, 0) is 6.07 Å². The molecule has 0 spiro atoms. The summed E-state index contributed by atoms with van der Waals surface area (Å²) in [5.74, 6) is -0.660. The molecule has 0 atom stereocenters. The predicted octanol–water partition coefficient (Wildman–Crippen LogP) is 0.311. The van der Waals surface area contributed by atoms with E-state index in [0.29, 0.717) is 0 Å². The average molecular weight is 254 g/mol. The quantitative estimate of drug-likeness (QED) is 0.403. The first-order valence-electron chi connectivity index (χ1n) is 4.59. The van der Waals surface area contributed by atoms with Crippen LogP contribution in [0.4, 0.5) is 10.5 Å². The smallest absolute Gasteiger partial charge is 0.332 e. The molecule has 9 heteroatoms. The number of aromatic hydroxyl groups is 1. The summed E-state index contributed by atoms with van der Waals surface area (Å²) >= 11 is 0. The van der Waals surface area contributed by atoms with Gasteiger partial charge in [-0.3, -0.25) is 10.1 Å². The van der Waals surface area contributed by atoms with Gasteiger partial charge in [0.05, 0.1) is 18.2 Å². The Balaban J connectivity index is 3.13. The molecule has 18 heavy (non-hydrogen) atoms. The Morgan fingerprint density at radius 1 is 1.67 bits per heavy atom. The first-order valence-corrected chi connectivity index (χ1v) is 4.59. The van der Waals surface area contributed by atoms with E-state index < -0.39 is 22.4 Å². The number of primary amides is 1. The zero-order valence-corrected chi connectivity index (χ0v) is 9.28. The van der Waals surface area contributed by atoms with E-state index in [-0.39, 0.29) is 11.3 Å². The summed E-state index contributed by atoms with van der Waals surface area (Å²) in [5.41, 5.74) is 6.43. The number of nitrogens with one attached hydrogen (secondary N) is 1. The molecule has 96 valence electrons. The van der Waals surface area contributed by atoms with Crippen LogP contribution in [0.5, 0.6) is 11.5 Å². The fourth-order valence-corrected chi connectivity index (χ4v) is 1.15. The van der Waals surface area contributed by atoms with Crippen LogP contribution in [0.2, 0.25) is 0 Å². The molecule has 0 aliphatic rings. The van der Waals surface area contributed by atoms with E-state index in [4.69, 9.17) is 10.5 Å². The van der Waals surface area contributed by atoms with Crippen LogP contribution >= 0.6 is 0 Å². The minimum absolute atomic E-state index is 0.0790. The standard InChI is InChI=1S/C9H10N4O5/c1-18-7-3-5(4-11-12-9(10)15)2-6(8(7)14)13(16)17/h2-4,14H,1H3,(H3,10,12,15)/b11-4-. The van der Waals surface area contributed by atoms with Crippen LogP contribution in [0.3, 0.4) is 0 Å². The van der Waals surface area contributed by atoms with Gasteiger partial charge in [0.15, 0.2) is 5.75 Å². The van der Waals surface area contributed by atoms with Gasteiger partial charge in [-0.1, -0.05) is 0 Å². The van der Waals surface area contributed by atoms with Crippen molar-refractivity contribution in [3.05, 3.63) is 27.8 Å². The van der Waals surface area contributed by atoms with Crippen molar-refractivity contribution in [2.75, 3.05) is 7.11 Å². The molecule has 1 aromatic rings. The number of ether oxygens (including phenoxy) is 1. The van der Waals surface area contributed by atoms with Crippen molar-refractivity contribution in [3.63, 3.8) is 0 Å². The highest BCUT2D eigenvalue weighted by molar-refractivity contribution is 5.84. The molecule has 0 saturated carbocycles. The number of amides is 2. The first-order chi connectivity index (χ1) is 8.45. The van der Waals surface area contributed by atoms with Gasteiger partial charge in [0.25, 0.3) is 0 Å². The molecule has 4 N–H and O–H groups in total. The van der Waals surface area contributed by atoms with E-state index in [1.165, 1.54) is 13.2 Å². The third-order valence-electron chi connectivity index (χ3n) is 1.88. The molecule has 0 fully saturated rings. The van der Waals surface area contributed by atoms with Gasteiger partial charge in [-0.2, -0.15) is 5.10 Å². The normalized spacial score (nSPS) is 10.3. The lowest BCUT2D eigenvalue weighted by Crippen LogP contribution is -2.24. The van der Waals surface area contributed by atoms with Crippen molar-refractivity contribution in [1.29, 1.82) is 0 Å². The maximum Gasteiger partial charge on any atom is 0.332 e. The van der Waals surface area contributed by atoms with E-state index in [9.17, 15) is 20.0 Å². The summed E-state index contributed by atoms with van der Waals surface area (Å²) in [4.78, 5) is 20.3. The molecular weight excluding hydrogens is 244 g/mol. The number of hydrazone groups is 1. The number of benzene rings is 1. The van der Waals surface area contributed by atoms with Gasteiger partial charge in [-0.15, -0.1) is 0 Å². The lowest BCUT2D eigenvalue weighted by Gasteiger charge is -2.04. The first kappa shape index (κ1) is 13.2. The van der Waals surface area contributed by atoms with E-state index in [1.54, 1.807) is 0 Å². The predicted molar refractivity (Wildman–Crippen MR) is 61.6 cm³/mol. The van der Waals surface area contributed by atoms with Crippen LogP contribution in [-0.4, -0.2) is 29.4 Å². The molecule has 9 nitrogen and oxygen atoms in total. The fourth-order valence-electron chi connectivity index (χ4n) is 1.15. The van der Waals surface area contributed by atoms with Gasteiger partial charge >= 0.3 is 11.7 Å². The van der Waals surface area contributed by atoms with Crippen LogP contribution in [-0.2, 0) is 0 Å². The summed E-state index contributed by atoms with van der Waals surface area (Å²) in [7, 11) is 1.25. The van der Waals surface area contributed by atoms with Crippen LogP contribution in [0.25, 0.3) is 0 Å². The van der Waals surface area contributed by atoms with E-state index in [1.807, 2.05) is 5.43 Å². The van der Waals surface area contributed by atoms with E-state index >= 15 is 0 Å². The molecule has 0 aliphatic heterocycles. The Hall–Kier alpha value is -2.84. The number of carbonyl (C=O) groups is 1. The van der Waals surface area contributed by atoms with Crippen molar-refractivity contribution < 1.29 is 19.6 Å². The minimum atomic E-state index is -0.869. The van der Waals surface area contributed by atoms with Gasteiger partial charge in [-0.25, -0.2) is 10.2 Å². The third kappa shape index (κ3) is 3.07. The summed E-state index contributed by atoms with van der Waals surface area (Å²) in [6.45, 7) is 0. The Morgan fingerprint density at radius 3 is 2.83 bits per heavy atom. The Morgan fingerprint density at radius 2 is 2.33 bits per heavy atom. The Kier molecular flexibility index (Phi) is 4.02. The number of carbonyl (C=O) groups excluding carboxylic acids is 1. The lowest BCUT2D eigenvalue weighted by molar-refractivity contribution is -0.386. The maximum absolute atomic E-state index is 10.7. The molecule has 1 aromatic carbocycles. The van der Waals surface area contributed by atoms with Crippen LogP contribution in [0.15, 0.2) is 17.2 Å². The maximum atomic E-state index is 10.7. The molecule has 0 radical (unpaired) electrons. The molecule has 0 aromatic heterocycles. The number of rotatable bonds is 4. The second-order valence-electron chi connectivity index (χ2n) is 3.08. The second kappa shape index (κ2) is 5.48. The second-order valence-corrected chi connectivity index (χ2v) is 3.08. The average Bonchev–Trinajstić information content (AvgIpc) is 2.30. The number of nitro groups is 1. The largest absolute Gasteiger partial charge is 0.500 e. The number of nitro benzene ring substituents is 1. The van der Waals surface area contributed by atoms with Gasteiger partial charge in [0, 0.05) is 11.6 Å². The van der Waals surface area contributed by atoms with E-state index in [0.717, 1.165) is 12.3 Å². The zero-order valence-electron chi connectivity index (χ0n) is 9.28. The molecule has 1 rings (SSSR count). The number of nitrogens with two attached hydrogens (primary N) is 1. The zero-order chi connectivity index (χ0) is 13.7. The van der Waals surface area contributed by atoms with Crippen LogP contribution in [0, 0.1) is 10.1 Å². The molecule has 0 saturated heterocycles. The van der Waals surface area contributed by atoms with Crippen molar-refractivity contribution in [2.45, 2.75) is 0 Å². The SMILES string of the molecule is COc1cc(/C=N\NC(N)=O)cc([N+](=O)[O-])c1O. The summed E-state index contributed by atoms with van der Waals surface area (Å²) in [5, 5.41) is 23.6. The number of hydrogen-bond acceptors (Lipinski definition) is 6. The number of hydrogen-bond donors (Lipinski definition) is 3. The number of phenolic OH excluding ortho intramolecular Hbond substituents is 1. The van der Waals surface area contributed by atoms with Gasteiger partial charge in [0.2, 0.25) is 5.75 Å². The highest BCUT2D eigenvalue weighted by atomic mass is 16.6. The molecular formula is C9H10N4O5. The summed E-state index contributed by atoms with van der Waals surface area (Å²) < 4.78 is 4.78. The molecule has 0 heterocycles. The number of phenols is 1. The topological polar surface area (TPSA) is 140 Å². The highest BCUT2D eigenvalue weighted by Gasteiger charge is 2.19. The van der Waals surface area contributed by atoms with Crippen LogP contribution in [0.1, 0.15) is 5.56 Å². The van der Waals surface area contributed by atoms with Crippen molar-refractivity contribution in [1.82, 2.24) is 5.43 Å². The van der Waals surface area contributed by atoms with Crippen molar-refractivity contribution in [3.8, 4) is 11.5 Å². The van der Waals surface area contributed by atoms with E-state index in [2.05, 4.69) is 5.10 Å². The van der Waals surface area contributed by atoms with Crippen LogP contribution < -0.4 is 15.9 Å². The van der Waals surface area contributed by atoms with Gasteiger partial charge in [0.1, 0.15) is 0 Å². The molecule has 2 amide bonds. The van der Waals surface area contributed by atoms with Crippen molar-refractivity contribution >= 4 is 17.9 Å². The lowest BCUT2D eigenvalue weighted by atomic mass is 10.2. The Labute approximate surface area is 101 Å². The molecule has 0 aliphatic carbocycles. The number of nitrogens with zero attached hydrogens (tertiary/aromatic N) is 2. The van der Waals surface area contributed by atoms with Gasteiger partial charge < -0.3 is 15.6 Å². The number of methoxy groups -OCH3 is 1. The number of urea groups is 1. The minimum Gasteiger partial charge on any atom is -0.500 e. The summed E-state index contributed by atoms with van der Waals surface area (Å²) in [6.07, 6.45) is 1.12. The fraction of sp³-hybridized carbons (Fsp3) is 0.111. The highest BCUT2D eigenvalue weighted by Crippen LogP contribution is 2.36.